The fourth-order valence-electron chi connectivity index (χ4n) is 2.18. The van der Waals surface area contributed by atoms with E-state index in [1.165, 1.54) is 11.8 Å². The molecule has 0 amide bonds. The lowest BCUT2D eigenvalue weighted by molar-refractivity contribution is 0.358. The fraction of sp³-hybridized carbons (Fsp3) is 0.538. The molecule has 1 unspecified atom stereocenters. The molecule has 2 rings (SSSR count). The highest BCUT2D eigenvalue weighted by atomic mass is 79.9. The summed E-state index contributed by atoms with van der Waals surface area (Å²) >= 11 is 5.20. The molecule has 1 saturated heterocycles. The molecule has 1 N–H and O–H groups in total. The molecule has 1 fully saturated rings. The molecule has 1 aromatic rings. The van der Waals surface area contributed by atoms with Crippen LogP contribution in [0.4, 0.5) is 10.1 Å². The quantitative estimate of drug-likeness (QED) is 0.860. The lowest BCUT2D eigenvalue weighted by atomic mass is 9.88. The minimum absolute atomic E-state index is 0.214. The van der Waals surface area contributed by atoms with E-state index >= 15 is 0 Å². The summed E-state index contributed by atoms with van der Waals surface area (Å²) in [6.07, 6.45) is 1.16. The first-order valence-corrected chi connectivity index (χ1v) is 7.70. The number of benzene rings is 1. The minimum Gasteiger partial charge on any atom is -0.381 e. The van der Waals surface area contributed by atoms with Gasteiger partial charge in [-0.15, -0.1) is 0 Å². The van der Waals surface area contributed by atoms with Crippen LogP contribution in [-0.4, -0.2) is 17.5 Å². The van der Waals surface area contributed by atoms with Crippen LogP contribution in [-0.2, 0) is 0 Å². The molecule has 17 heavy (non-hydrogen) atoms. The summed E-state index contributed by atoms with van der Waals surface area (Å²) in [6.45, 7) is 4.60. The summed E-state index contributed by atoms with van der Waals surface area (Å²) in [4.78, 5) is 0. The number of nitrogens with one attached hydrogen (secondary N) is 1. The van der Waals surface area contributed by atoms with Crippen LogP contribution in [0.15, 0.2) is 22.7 Å². The molecule has 1 aliphatic heterocycles. The molecule has 0 saturated carbocycles. The molecule has 0 spiro atoms. The molecule has 1 nitrogen and oxygen atoms in total. The fourth-order valence-corrected chi connectivity index (χ4v) is 3.83. The standard InChI is InChI=1S/C13H17BrFNS/c1-13(2)6-10(7-17-8-13)16-9-3-4-12(15)11(14)5-9/h3-5,10,16H,6-8H2,1-2H3. The molecule has 1 heterocycles. The highest BCUT2D eigenvalue weighted by molar-refractivity contribution is 9.10. The van der Waals surface area contributed by atoms with E-state index in [0.29, 0.717) is 15.9 Å². The Bertz CT molecular complexity index is 408. The number of halogens is 2. The van der Waals surface area contributed by atoms with Crippen molar-refractivity contribution in [2.24, 2.45) is 5.41 Å². The van der Waals surface area contributed by atoms with Gasteiger partial charge in [-0.3, -0.25) is 0 Å². The van der Waals surface area contributed by atoms with Crippen LogP contribution >= 0.6 is 27.7 Å². The molecule has 1 atom stereocenters. The van der Waals surface area contributed by atoms with Crippen LogP contribution in [0.25, 0.3) is 0 Å². The topological polar surface area (TPSA) is 12.0 Å². The third-order valence-electron chi connectivity index (χ3n) is 2.90. The normalized spacial score (nSPS) is 23.4. The zero-order valence-corrected chi connectivity index (χ0v) is 12.5. The Hall–Kier alpha value is -0.220. The summed E-state index contributed by atoms with van der Waals surface area (Å²) in [6, 6.07) is 5.57. The van der Waals surface area contributed by atoms with Crippen LogP contribution in [0.3, 0.4) is 0 Å². The van der Waals surface area contributed by atoms with Crippen molar-refractivity contribution in [2.75, 3.05) is 16.8 Å². The van der Waals surface area contributed by atoms with E-state index in [4.69, 9.17) is 0 Å². The van der Waals surface area contributed by atoms with Gasteiger partial charge in [0.25, 0.3) is 0 Å². The van der Waals surface area contributed by atoms with E-state index in [1.54, 1.807) is 6.07 Å². The molecule has 0 aromatic heterocycles. The second-order valence-corrected chi connectivity index (χ2v) is 7.24. The van der Waals surface area contributed by atoms with Crippen LogP contribution in [0.5, 0.6) is 0 Å². The van der Waals surface area contributed by atoms with Crippen molar-refractivity contribution >= 4 is 33.4 Å². The lowest BCUT2D eigenvalue weighted by Crippen LogP contribution is -2.35. The Morgan fingerprint density at radius 1 is 1.47 bits per heavy atom. The summed E-state index contributed by atoms with van der Waals surface area (Å²) in [7, 11) is 0. The van der Waals surface area contributed by atoms with Gasteiger partial charge in [0.2, 0.25) is 0 Å². The van der Waals surface area contributed by atoms with Gasteiger partial charge in [-0.2, -0.15) is 11.8 Å². The first-order valence-electron chi connectivity index (χ1n) is 5.76. The van der Waals surface area contributed by atoms with Gasteiger partial charge in [0.05, 0.1) is 4.47 Å². The zero-order chi connectivity index (χ0) is 12.5. The predicted octanol–water partition coefficient (Wildman–Crippen LogP) is 4.53. The van der Waals surface area contributed by atoms with Crippen LogP contribution < -0.4 is 5.32 Å². The molecule has 0 radical (unpaired) electrons. The van der Waals surface area contributed by atoms with Crippen LogP contribution in [0, 0.1) is 11.2 Å². The van der Waals surface area contributed by atoms with E-state index in [0.717, 1.165) is 17.9 Å². The molecular formula is C13H17BrFNS. The van der Waals surface area contributed by atoms with Crippen molar-refractivity contribution < 1.29 is 4.39 Å². The number of hydrogen-bond acceptors (Lipinski definition) is 2. The van der Waals surface area contributed by atoms with Gasteiger partial charge >= 0.3 is 0 Å². The summed E-state index contributed by atoms with van der Waals surface area (Å²) in [5, 5.41) is 3.49. The maximum Gasteiger partial charge on any atom is 0.137 e. The Morgan fingerprint density at radius 2 is 2.24 bits per heavy atom. The maximum atomic E-state index is 13.1. The summed E-state index contributed by atoms with van der Waals surface area (Å²) < 4.78 is 13.6. The van der Waals surface area contributed by atoms with Gasteiger partial charge in [0, 0.05) is 17.5 Å². The van der Waals surface area contributed by atoms with Crippen molar-refractivity contribution in [1.82, 2.24) is 0 Å². The highest BCUT2D eigenvalue weighted by Crippen LogP contribution is 2.35. The number of rotatable bonds is 2. The molecule has 94 valence electrons. The molecule has 0 bridgehead atoms. The first kappa shape index (κ1) is 13.2. The molecule has 4 heteroatoms. The molecule has 1 aromatic carbocycles. The third kappa shape index (κ3) is 3.62. The van der Waals surface area contributed by atoms with Crippen molar-refractivity contribution in [2.45, 2.75) is 26.3 Å². The maximum absolute atomic E-state index is 13.1. The Labute approximate surface area is 115 Å². The van der Waals surface area contributed by atoms with Gasteiger partial charge in [-0.25, -0.2) is 4.39 Å². The predicted molar refractivity (Wildman–Crippen MR) is 77.2 cm³/mol. The van der Waals surface area contributed by atoms with Crippen molar-refractivity contribution in [3.05, 3.63) is 28.5 Å². The third-order valence-corrected chi connectivity index (χ3v) is 5.13. The second-order valence-electron chi connectivity index (χ2n) is 5.35. The molecule has 1 aliphatic rings. The number of thioether (sulfide) groups is 1. The average molecular weight is 318 g/mol. The van der Waals surface area contributed by atoms with Crippen molar-refractivity contribution in [3.63, 3.8) is 0 Å². The van der Waals surface area contributed by atoms with Gasteiger partial charge in [0.1, 0.15) is 5.82 Å². The number of anilines is 1. The van der Waals surface area contributed by atoms with E-state index < -0.39 is 0 Å². The van der Waals surface area contributed by atoms with E-state index in [1.807, 2.05) is 17.8 Å². The highest BCUT2D eigenvalue weighted by Gasteiger charge is 2.28. The average Bonchev–Trinajstić information content (AvgIpc) is 2.22. The smallest absolute Gasteiger partial charge is 0.137 e. The van der Waals surface area contributed by atoms with Crippen LogP contribution in [0.1, 0.15) is 20.3 Å². The van der Waals surface area contributed by atoms with E-state index in [-0.39, 0.29) is 5.82 Å². The molecule has 0 aliphatic carbocycles. The van der Waals surface area contributed by atoms with Gasteiger partial charge < -0.3 is 5.32 Å². The van der Waals surface area contributed by atoms with Crippen LogP contribution in [0.2, 0.25) is 0 Å². The Balaban J connectivity index is 2.03. The largest absolute Gasteiger partial charge is 0.381 e. The van der Waals surface area contributed by atoms with E-state index in [2.05, 4.69) is 35.1 Å². The van der Waals surface area contributed by atoms with Crippen molar-refractivity contribution in [1.29, 1.82) is 0 Å². The Morgan fingerprint density at radius 3 is 2.88 bits per heavy atom. The number of hydrogen-bond donors (Lipinski definition) is 1. The summed E-state index contributed by atoms with van der Waals surface area (Å²) in [5.41, 5.74) is 1.37. The monoisotopic (exact) mass is 317 g/mol. The van der Waals surface area contributed by atoms with Gasteiger partial charge in [-0.05, 0) is 51.7 Å². The SMILES string of the molecule is CC1(C)CSCC(Nc2ccc(F)c(Br)c2)C1. The molecular weight excluding hydrogens is 301 g/mol. The van der Waals surface area contributed by atoms with E-state index in [9.17, 15) is 4.39 Å². The Kier molecular flexibility index (Phi) is 4.03. The first-order chi connectivity index (χ1) is 7.96. The minimum atomic E-state index is -0.214. The lowest BCUT2D eigenvalue weighted by Gasteiger charge is -2.35. The summed E-state index contributed by atoms with van der Waals surface area (Å²) in [5.74, 6) is 2.13. The zero-order valence-electron chi connectivity index (χ0n) is 10.1. The van der Waals surface area contributed by atoms with Crippen molar-refractivity contribution in [3.8, 4) is 0 Å². The van der Waals surface area contributed by atoms with Gasteiger partial charge in [0.15, 0.2) is 0 Å². The second kappa shape index (κ2) is 5.19. The van der Waals surface area contributed by atoms with Gasteiger partial charge in [-0.1, -0.05) is 13.8 Å².